The Labute approximate surface area is 154 Å². The number of ether oxygens (including phenoxy) is 1. The van der Waals surface area contributed by atoms with E-state index >= 15 is 0 Å². The third-order valence-electron chi connectivity index (χ3n) is 3.64. The van der Waals surface area contributed by atoms with Gasteiger partial charge in [-0.25, -0.2) is 0 Å². The van der Waals surface area contributed by atoms with Crippen molar-refractivity contribution in [1.29, 1.82) is 0 Å². The second-order valence-electron chi connectivity index (χ2n) is 5.31. The minimum absolute atomic E-state index is 0.0950. The van der Waals surface area contributed by atoms with Crippen molar-refractivity contribution in [1.82, 2.24) is 0 Å². The van der Waals surface area contributed by atoms with Crippen molar-refractivity contribution in [3.63, 3.8) is 0 Å². The molecule has 1 aliphatic heterocycles. The summed E-state index contributed by atoms with van der Waals surface area (Å²) in [6.07, 6.45) is 2.70. The van der Waals surface area contributed by atoms with E-state index in [0.29, 0.717) is 29.8 Å². The normalized spacial score (nSPS) is 13.8. The average Bonchev–Trinajstić information content (AvgIpc) is 2.97. The summed E-state index contributed by atoms with van der Waals surface area (Å²) < 4.78 is 13.0. The van der Waals surface area contributed by atoms with Crippen LogP contribution >= 0.6 is 20.2 Å². The predicted octanol–water partition coefficient (Wildman–Crippen LogP) is 4.23. The Balaban J connectivity index is 1.86. The standard InChI is InChI=1S/C19H18INO4/c1-3-4-9-18(22)21-16-11-10-13(12-17(16)24-2)20-15-8-6-5-7-14(15)19(23)25-20/h3,5-8,10-12H,1,4,9H2,2H3,(H,21,22). The monoisotopic (exact) mass is 451 g/mol. The van der Waals surface area contributed by atoms with Gasteiger partial charge in [-0.3, -0.25) is 0 Å². The fourth-order valence-corrected chi connectivity index (χ4v) is 6.75. The quantitative estimate of drug-likeness (QED) is 0.528. The first-order valence-electron chi connectivity index (χ1n) is 7.74. The summed E-state index contributed by atoms with van der Waals surface area (Å²) in [7, 11) is 1.55. The molecule has 2 aromatic carbocycles. The zero-order valence-corrected chi connectivity index (χ0v) is 15.9. The van der Waals surface area contributed by atoms with E-state index in [1.807, 2.05) is 30.3 Å². The molecule has 0 saturated heterocycles. The van der Waals surface area contributed by atoms with Crippen LogP contribution in [0.15, 0.2) is 55.1 Å². The number of carbonyl (C=O) groups excluding carboxylic acids is 2. The first kappa shape index (κ1) is 17.5. The van der Waals surface area contributed by atoms with E-state index in [1.54, 1.807) is 25.3 Å². The molecule has 1 aliphatic rings. The Bertz CT molecular complexity index is 834. The van der Waals surface area contributed by atoms with Gasteiger partial charge in [-0.1, -0.05) is 0 Å². The molecule has 3 rings (SSSR count). The molecule has 0 saturated carbocycles. The topological polar surface area (TPSA) is 64.6 Å². The van der Waals surface area contributed by atoms with Gasteiger partial charge in [-0.2, -0.15) is 0 Å². The van der Waals surface area contributed by atoms with Crippen molar-refractivity contribution in [2.24, 2.45) is 0 Å². The Kier molecular flexibility index (Phi) is 5.37. The van der Waals surface area contributed by atoms with Crippen LogP contribution in [-0.2, 0) is 7.86 Å². The maximum absolute atomic E-state index is 12.0. The Hall–Kier alpha value is -2.35. The molecule has 25 heavy (non-hydrogen) atoms. The fraction of sp³-hybridized carbons (Fsp3) is 0.158. The van der Waals surface area contributed by atoms with Crippen molar-refractivity contribution in [3.05, 3.63) is 67.8 Å². The molecule has 0 atom stereocenters. The third kappa shape index (κ3) is 3.68. The van der Waals surface area contributed by atoms with Gasteiger partial charge in [-0.15, -0.1) is 0 Å². The van der Waals surface area contributed by atoms with Crippen LogP contribution in [0.25, 0.3) is 0 Å². The summed E-state index contributed by atoms with van der Waals surface area (Å²) in [5.41, 5.74) is 1.25. The SMILES string of the molecule is C=CCCC(=O)Nc1ccc(I2OC(=O)c3ccccc32)cc1OC. The van der Waals surface area contributed by atoms with Crippen molar-refractivity contribution >= 4 is 37.8 Å². The average molecular weight is 451 g/mol. The molecule has 0 radical (unpaired) electrons. The molecule has 0 spiro atoms. The van der Waals surface area contributed by atoms with E-state index in [2.05, 4.69) is 11.9 Å². The van der Waals surface area contributed by atoms with Gasteiger partial charge in [0.25, 0.3) is 0 Å². The third-order valence-corrected chi connectivity index (χ3v) is 8.28. The molecule has 1 N–H and O–H groups in total. The Morgan fingerprint density at radius 3 is 2.88 bits per heavy atom. The summed E-state index contributed by atoms with van der Waals surface area (Å²) in [4.78, 5) is 24.0. The van der Waals surface area contributed by atoms with Crippen LogP contribution in [0, 0.1) is 7.14 Å². The number of benzene rings is 2. The van der Waals surface area contributed by atoms with Gasteiger partial charge < -0.3 is 0 Å². The first-order chi connectivity index (χ1) is 12.1. The van der Waals surface area contributed by atoms with Gasteiger partial charge in [0.2, 0.25) is 0 Å². The number of fused-ring (bicyclic) bond motifs is 1. The van der Waals surface area contributed by atoms with Crippen LogP contribution in [0.1, 0.15) is 23.2 Å². The second kappa shape index (κ2) is 7.69. The fourth-order valence-electron chi connectivity index (χ4n) is 2.41. The summed E-state index contributed by atoms with van der Waals surface area (Å²) >= 11 is -2.27. The molecule has 5 nitrogen and oxygen atoms in total. The number of nitrogens with one attached hydrogen (secondary N) is 1. The summed E-state index contributed by atoms with van der Waals surface area (Å²) in [6, 6.07) is 13.0. The summed E-state index contributed by atoms with van der Waals surface area (Å²) in [5, 5.41) is 2.84. The van der Waals surface area contributed by atoms with Crippen LogP contribution in [0.4, 0.5) is 5.69 Å². The van der Waals surface area contributed by atoms with Gasteiger partial charge in [0, 0.05) is 0 Å². The van der Waals surface area contributed by atoms with E-state index < -0.39 is 20.2 Å². The van der Waals surface area contributed by atoms with E-state index in [9.17, 15) is 9.59 Å². The molecular formula is C19H18INO4. The molecule has 6 heteroatoms. The number of halogens is 1. The zero-order valence-electron chi connectivity index (χ0n) is 13.8. The summed E-state index contributed by atoms with van der Waals surface area (Å²) in [6.45, 7) is 3.61. The second-order valence-corrected chi connectivity index (χ2v) is 9.58. The minimum atomic E-state index is -2.27. The Morgan fingerprint density at radius 2 is 2.12 bits per heavy atom. The van der Waals surface area contributed by atoms with Crippen LogP contribution in [-0.4, -0.2) is 19.0 Å². The van der Waals surface area contributed by atoms with Gasteiger partial charge in [0.1, 0.15) is 0 Å². The molecule has 0 aliphatic carbocycles. The molecule has 130 valence electrons. The molecule has 2 aromatic rings. The molecule has 1 heterocycles. The van der Waals surface area contributed by atoms with E-state index in [-0.39, 0.29) is 11.9 Å². The van der Waals surface area contributed by atoms with Crippen molar-refractivity contribution in [2.75, 3.05) is 12.4 Å². The molecular weight excluding hydrogens is 433 g/mol. The number of allylic oxidation sites excluding steroid dienone is 1. The van der Waals surface area contributed by atoms with Gasteiger partial charge in [0.05, 0.1) is 0 Å². The molecule has 1 amide bonds. The van der Waals surface area contributed by atoms with Crippen molar-refractivity contribution in [2.45, 2.75) is 12.8 Å². The first-order valence-corrected chi connectivity index (χ1v) is 10.8. The number of hydrogen-bond acceptors (Lipinski definition) is 4. The number of hydrogen-bond donors (Lipinski definition) is 1. The van der Waals surface area contributed by atoms with Crippen LogP contribution in [0.2, 0.25) is 0 Å². The van der Waals surface area contributed by atoms with Crippen molar-refractivity contribution < 1.29 is 17.4 Å². The number of rotatable bonds is 6. The zero-order chi connectivity index (χ0) is 17.8. The number of carbonyl (C=O) groups is 2. The van der Waals surface area contributed by atoms with Crippen LogP contribution < -0.4 is 10.1 Å². The predicted molar refractivity (Wildman–Crippen MR) is 104 cm³/mol. The van der Waals surface area contributed by atoms with Gasteiger partial charge in [-0.05, 0) is 0 Å². The number of anilines is 1. The van der Waals surface area contributed by atoms with Gasteiger partial charge >= 0.3 is 154 Å². The van der Waals surface area contributed by atoms with Crippen LogP contribution in [0.3, 0.4) is 0 Å². The molecule has 0 fully saturated rings. The van der Waals surface area contributed by atoms with Crippen molar-refractivity contribution in [3.8, 4) is 5.75 Å². The van der Waals surface area contributed by atoms with E-state index in [1.165, 1.54) is 0 Å². The number of amides is 1. The molecule has 0 bridgehead atoms. The van der Waals surface area contributed by atoms with E-state index in [0.717, 1.165) is 7.14 Å². The Morgan fingerprint density at radius 1 is 1.32 bits per heavy atom. The van der Waals surface area contributed by atoms with Gasteiger partial charge in [0.15, 0.2) is 0 Å². The summed E-state index contributed by atoms with van der Waals surface area (Å²) in [5.74, 6) is 0.200. The van der Waals surface area contributed by atoms with Crippen LogP contribution in [0.5, 0.6) is 5.75 Å². The molecule has 0 unspecified atom stereocenters. The maximum atomic E-state index is 12.0. The molecule has 0 aromatic heterocycles. The number of methoxy groups -OCH3 is 1. The van der Waals surface area contributed by atoms with E-state index in [4.69, 9.17) is 7.80 Å².